The van der Waals surface area contributed by atoms with Crippen LogP contribution in [0, 0.1) is 0 Å². The number of rotatable bonds is 2. The van der Waals surface area contributed by atoms with Crippen LogP contribution < -0.4 is 10.6 Å². The molecule has 0 aliphatic carbocycles. The molecule has 0 radical (unpaired) electrons. The minimum atomic E-state index is -1.06. The molecule has 21 heavy (non-hydrogen) atoms. The van der Waals surface area contributed by atoms with Crippen LogP contribution in [0.3, 0.4) is 0 Å². The van der Waals surface area contributed by atoms with E-state index >= 15 is 0 Å². The van der Waals surface area contributed by atoms with Gasteiger partial charge in [0.25, 0.3) is 0 Å². The topological polar surface area (TPSA) is 127 Å². The quantitative estimate of drug-likeness (QED) is 0.491. The van der Waals surface area contributed by atoms with E-state index in [0.717, 1.165) is 5.69 Å². The second kappa shape index (κ2) is 5.17. The molecule has 9 nitrogen and oxygen atoms in total. The zero-order chi connectivity index (χ0) is 15.0. The first-order chi connectivity index (χ1) is 10.1. The maximum absolute atomic E-state index is 12.5. The number of aliphatic carboxylic acids is 1. The van der Waals surface area contributed by atoms with Crippen LogP contribution in [-0.4, -0.2) is 62.9 Å². The van der Waals surface area contributed by atoms with Gasteiger partial charge in [0.1, 0.15) is 12.1 Å². The Morgan fingerprint density at radius 2 is 2.24 bits per heavy atom. The number of nitrogens with zero attached hydrogens (tertiary/aromatic N) is 2. The van der Waals surface area contributed by atoms with E-state index in [1.807, 2.05) is 0 Å². The predicted molar refractivity (Wildman–Crippen MR) is 69.1 cm³/mol. The lowest BCUT2D eigenvalue weighted by Gasteiger charge is -2.36. The highest BCUT2D eigenvalue weighted by Gasteiger charge is 2.39. The van der Waals surface area contributed by atoms with Crippen LogP contribution in [0.5, 0.6) is 0 Å². The standard InChI is InChI=1S/C12H15N5O4/c18-10-3-13-7(2-14-10)11(19)17-4-8-6(15-5-16-8)1-9(17)12(20)21/h5,7,9,13H,1-4H2,(H,14,18)(H,15,16)(H,20,21). The van der Waals surface area contributed by atoms with Gasteiger partial charge in [-0.2, -0.15) is 0 Å². The summed E-state index contributed by atoms with van der Waals surface area (Å²) in [4.78, 5) is 43.4. The van der Waals surface area contributed by atoms with Gasteiger partial charge in [0, 0.05) is 13.0 Å². The highest BCUT2D eigenvalue weighted by atomic mass is 16.4. The van der Waals surface area contributed by atoms with Crippen molar-refractivity contribution in [3.8, 4) is 0 Å². The van der Waals surface area contributed by atoms with E-state index in [9.17, 15) is 19.5 Å². The highest BCUT2D eigenvalue weighted by Crippen LogP contribution is 2.21. The van der Waals surface area contributed by atoms with Crippen LogP contribution in [-0.2, 0) is 27.3 Å². The number of carbonyl (C=O) groups excluding carboxylic acids is 2. The number of nitrogens with one attached hydrogen (secondary N) is 3. The van der Waals surface area contributed by atoms with Gasteiger partial charge in [-0.25, -0.2) is 9.78 Å². The van der Waals surface area contributed by atoms with E-state index < -0.39 is 18.1 Å². The third-order valence-electron chi connectivity index (χ3n) is 3.78. The van der Waals surface area contributed by atoms with Gasteiger partial charge in [0.05, 0.1) is 30.8 Å². The molecule has 9 heteroatoms. The summed E-state index contributed by atoms with van der Waals surface area (Å²) >= 11 is 0. The van der Waals surface area contributed by atoms with Crippen LogP contribution in [0.2, 0.25) is 0 Å². The molecule has 1 aromatic rings. The summed E-state index contributed by atoms with van der Waals surface area (Å²) in [7, 11) is 0. The van der Waals surface area contributed by atoms with Crippen molar-refractivity contribution in [3.63, 3.8) is 0 Å². The van der Waals surface area contributed by atoms with Gasteiger partial charge in [-0.3, -0.25) is 14.9 Å². The average molecular weight is 293 g/mol. The van der Waals surface area contributed by atoms with Gasteiger partial charge < -0.3 is 20.3 Å². The molecule has 3 heterocycles. The SMILES string of the molecule is O=C1CNC(C(=O)N2Cc3[nH]cnc3CC2C(=O)O)CN1. The van der Waals surface area contributed by atoms with Crippen molar-refractivity contribution in [1.29, 1.82) is 0 Å². The number of aromatic amines is 1. The van der Waals surface area contributed by atoms with Crippen molar-refractivity contribution in [2.75, 3.05) is 13.1 Å². The first-order valence-corrected chi connectivity index (χ1v) is 6.60. The third kappa shape index (κ3) is 2.47. The van der Waals surface area contributed by atoms with Crippen LogP contribution in [0.15, 0.2) is 6.33 Å². The molecular weight excluding hydrogens is 278 g/mol. The van der Waals surface area contributed by atoms with E-state index in [4.69, 9.17) is 0 Å². The van der Waals surface area contributed by atoms with Crippen molar-refractivity contribution < 1.29 is 19.5 Å². The monoisotopic (exact) mass is 293 g/mol. The van der Waals surface area contributed by atoms with E-state index in [2.05, 4.69) is 20.6 Å². The fraction of sp³-hybridized carbons (Fsp3) is 0.500. The number of amides is 2. The highest BCUT2D eigenvalue weighted by molar-refractivity contribution is 5.90. The lowest BCUT2D eigenvalue weighted by Crippen LogP contribution is -2.61. The number of hydrogen-bond acceptors (Lipinski definition) is 5. The Labute approximate surface area is 119 Å². The summed E-state index contributed by atoms with van der Waals surface area (Å²) in [5.41, 5.74) is 1.43. The van der Waals surface area contributed by atoms with Crippen molar-refractivity contribution in [2.24, 2.45) is 0 Å². The number of aromatic nitrogens is 2. The molecule has 0 bridgehead atoms. The summed E-state index contributed by atoms with van der Waals surface area (Å²) in [5.74, 6) is -1.57. The summed E-state index contributed by atoms with van der Waals surface area (Å²) in [6.07, 6.45) is 1.68. The normalized spacial score (nSPS) is 25.1. The maximum Gasteiger partial charge on any atom is 0.326 e. The summed E-state index contributed by atoms with van der Waals surface area (Å²) in [5, 5.41) is 14.8. The molecule has 2 aliphatic rings. The van der Waals surface area contributed by atoms with Crippen molar-refractivity contribution in [3.05, 3.63) is 17.7 Å². The third-order valence-corrected chi connectivity index (χ3v) is 3.78. The molecule has 0 saturated carbocycles. The molecule has 1 aromatic heterocycles. The molecule has 1 saturated heterocycles. The number of hydrogen-bond donors (Lipinski definition) is 4. The number of piperazine rings is 1. The zero-order valence-electron chi connectivity index (χ0n) is 11.1. The fourth-order valence-electron chi connectivity index (χ4n) is 2.63. The molecule has 3 rings (SSSR count). The zero-order valence-corrected chi connectivity index (χ0v) is 11.1. The molecule has 2 unspecified atom stereocenters. The molecule has 1 fully saturated rings. The summed E-state index contributed by atoms with van der Waals surface area (Å²) < 4.78 is 0. The Balaban J connectivity index is 1.80. The maximum atomic E-state index is 12.5. The van der Waals surface area contributed by atoms with Gasteiger partial charge >= 0.3 is 5.97 Å². The van der Waals surface area contributed by atoms with Crippen molar-refractivity contribution in [2.45, 2.75) is 25.0 Å². The molecule has 2 amide bonds. The molecule has 112 valence electrons. The number of carboxylic acid groups (broad SMARTS) is 1. The van der Waals surface area contributed by atoms with E-state index in [0.29, 0.717) is 5.69 Å². The fourth-order valence-corrected chi connectivity index (χ4v) is 2.63. The van der Waals surface area contributed by atoms with E-state index in [1.165, 1.54) is 11.2 Å². The van der Waals surface area contributed by atoms with Crippen LogP contribution in [0.4, 0.5) is 0 Å². The van der Waals surface area contributed by atoms with Gasteiger partial charge in [-0.05, 0) is 0 Å². The van der Waals surface area contributed by atoms with E-state index in [-0.39, 0.29) is 37.9 Å². The first-order valence-electron chi connectivity index (χ1n) is 6.60. The molecule has 4 N–H and O–H groups in total. The number of fused-ring (bicyclic) bond motifs is 1. The Bertz CT molecular complexity index is 588. The number of imidazole rings is 1. The average Bonchev–Trinajstić information content (AvgIpc) is 2.93. The number of carbonyl (C=O) groups is 3. The Morgan fingerprint density at radius 3 is 2.90 bits per heavy atom. The summed E-state index contributed by atoms with van der Waals surface area (Å²) in [6, 6.07) is -1.54. The summed E-state index contributed by atoms with van der Waals surface area (Å²) in [6.45, 7) is 0.394. The van der Waals surface area contributed by atoms with E-state index in [1.54, 1.807) is 0 Å². The Kier molecular flexibility index (Phi) is 3.34. The number of H-pyrrole nitrogens is 1. The second-order valence-electron chi connectivity index (χ2n) is 5.09. The van der Waals surface area contributed by atoms with Crippen LogP contribution in [0.1, 0.15) is 11.4 Å². The Morgan fingerprint density at radius 1 is 1.43 bits per heavy atom. The van der Waals surface area contributed by atoms with Gasteiger partial charge in [-0.1, -0.05) is 0 Å². The second-order valence-corrected chi connectivity index (χ2v) is 5.09. The molecule has 2 aliphatic heterocycles. The van der Waals surface area contributed by atoms with Gasteiger partial charge in [-0.15, -0.1) is 0 Å². The predicted octanol–water partition coefficient (Wildman–Crippen LogP) is -2.16. The molecule has 2 atom stereocenters. The lowest BCUT2D eigenvalue weighted by molar-refractivity contribution is -0.152. The molecular formula is C12H15N5O4. The first kappa shape index (κ1) is 13.6. The van der Waals surface area contributed by atoms with Gasteiger partial charge in [0.15, 0.2) is 0 Å². The molecule has 0 aromatic carbocycles. The van der Waals surface area contributed by atoms with Crippen molar-refractivity contribution >= 4 is 17.8 Å². The van der Waals surface area contributed by atoms with Crippen LogP contribution >= 0.6 is 0 Å². The van der Waals surface area contributed by atoms with Crippen molar-refractivity contribution in [1.82, 2.24) is 25.5 Å². The number of carboxylic acids is 1. The largest absolute Gasteiger partial charge is 0.480 e. The minimum Gasteiger partial charge on any atom is -0.480 e. The minimum absolute atomic E-state index is 0.0529. The Hall–Kier alpha value is -2.42. The van der Waals surface area contributed by atoms with Gasteiger partial charge in [0.2, 0.25) is 11.8 Å². The molecule has 0 spiro atoms. The lowest BCUT2D eigenvalue weighted by atomic mass is 10.0. The van der Waals surface area contributed by atoms with Crippen LogP contribution in [0.25, 0.3) is 0 Å². The smallest absolute Gasteiger partial charge is 0.326 e.